The van der Waals surface area contributed by atoms with Gasteiger partial charge >= 0.3 is 0 Å². The van der Waals surface area contributed by atoms with E-state index >= 15 is 0 Å². The van der Waals surface area contributed by atoms with Gasteiger partial charge in [-0.25, -0.2) is 4.99 Å². The first-order valence-corrected chi connectivity index (χ1v) is 14.6. The number of hydrogen-bond acceptors (Lipinski definition) is 1. The molecule has 1 saturated carbocycles. The van der Waals surface area contributed by atoms with Gasteiger partial charge in [0.2, 0.25) is 0 Å². The van der Waals surface area contributed by atoms with Crippen LogP contribution in [0.15, 0.2) is 35.3 Å². The van der Waals surface area contributed by atoms with E-state index in [4.69, 9.17) is 10.4 Å². The van der Waals surface area contributed by atoms with Crippen LogP contribution in [0.4, 0.5) is 0 Å². The van der Waals surface area contributed by atoms with Crippen molar-refractivity contribution in [3.05, 3.63) is 58.1 Å². The zero-order valence-electron chi connectivity index (χ0n) is 25.0. The molecule has 0 saturated heterocycles. The molecule has 0 heterocycles. The van der Waals surface area contributed by atoms with Crippen LogP contribution in [0.3, 0.4) is 0 Å². The van der Waals surface area contributed by atoms with Crippen LogP contribution in [-0.2, 0) is 16.2 Å². The second-order valence-corrected chi connectivity index (χ2v) is 14.6. The van der Waals surface area contributed by atoms with E-state index in [1.165, 1.54) is 58.2 Å². The molecule has 0 atom stereocenters. The lowest BCUT2D eigenvalue weighted by Gasteiger charge is -2.44. The van der Waals surface area contributed by atoms with Crippen molar-refractivity contribution in [3.63, 3.8) is 0 Å². The Kier molecular flexibility index (Phi) is 5.98. The van der Waals surface area contributed by atoms with Gasteiger partial charge < -0.3 is 0 Å². The summed E-state index contributed by atoms with van der Waals surface area (Å²) in [6, 6.07) is 12.1. The van der Waals surface area contributed by atoms with E-state index in [-0.39, 0.29) is 27.6 Å². The fraction of sp³-hybridized carbons (Fsp3) is 0.600. The molecule has 0 aromatic heterocycles. The van der Waals surface area contributed by atoms with Gasteiger partial charge in [-0.2, -0.15) is 0 Å². The van der Waals surface area contributed by atoms with Gasteiger partial charge in [0.05, 0.1) is 5.71 Å². The number of nitrogens with one attached hydrogen (secondary N) is 1. The molecule has 198 valence electrons. The highest BCUT2D eigenvalue weighted by Gasteiger charge is 2.57. The SMILES string of the molecule is CC(C)C(=NC(=N)C1CCCCC1)c1ccc2c(c1)C(C)(C)c1cc3c(cc1-2)C(C)(C)C(C)(C)C3(C)C. The lowest BCUT2D eigenvalue weighted by molar-refractivity contribution is 0.125. The van der Waals surface area contributed by atoms with Gasteiger partial charge in [-0.3, -0.25) is 5.41 Å². The van der Waals surface area contributed by atoms with Gasteiger partial charge in [-0.05, 0) is 86.1 Å². The molecule has 5 rings (SSSR count). The van der Waals surface area contributed by atoms with Crippen LogP contribution in [0.1, 0.15) is 129 Å². The largest absolute Gasteiger partial charge is 0.286 e. The van der Waals surface area contributed by atoms with Crippen LogP contribution >= 0.6 is 0 Å². The number of rotatable bonds is 3. The van der Waals surface area contributed by atoms with E-state index in [1.54, 1.807) is 0 Å². The third kappa shape index (κ3) is 3.64. The van der Waals surface area contributed by atoms with Crippen molar-refractivity contribution in [2.75, 3.05) is 0 Å². The van der Waals surface area contributed by atoms with Crippen LogP contribution < -0.4 is 0 Å². The van der Waals surface area contributed by atoms with Crippen molar-refractivity contribution in [2.24, 2.45) is 22.2 Å². The van der Waals surface area contributed by atoms with Crippen LogP contribution in [0.5, 0.6) is 0 Å². The lowest BCUT2D eigenvalue weighted by atomic mass is 9.59. The first kappa shape index (κ1) is 26.4. The van der Waals surface area contributed by atoms with Gasteiger partial charge in [0, 0.05) is 11.3 Å². The van der Waals surface area contributed by atoms with Crippen molar-refractivity contribution in [2.45, 2.75) is 118 Å². The Hall–Kier alpha value is -2.22. The standard InChI is InChI=1S/C35H48N2/c1-21(2)30(37-31(36)22-14-12-11-13-15-22)23-16-17-24-25-19-28-29(20-27(25)32(3,4)26(24)18-23)34(7,8)35(9,10)33(28,5)6/h16-22,36H,11-15H2,1-10H3. The average Bonchev–Trinajstić information content (AvgIpc) is 3.12. The van der Waals surface area contributed by atoms with Crippen LogP contribution in [0, 0.1) is 22.7 Å². The Balaban J connectivity index is 1.61. The number of fused-ring (bicyclic) bond motifs is 4. The monoisotopic (exact) mass is 496 g/mol. The summed E-state index contributed by atoms with van der Waals surface area (Å²) in [4.78, 5) is 5.00. The molecule has 0 spiro atoms. The Bertz CT molecular complexity index is 1290. The Morgan fingerprint density at radius 1 is 0.757 bits per heavy atom. The van der Waals surface area contributed by atoms with Crippen LogP contribution in [-0.4, -0.2) is 11.5 Å². The summed E-state index contributed by atoms with van der Waals surface area (Å²) in [5.74, 6) is 1.20. The van der Waals surface area contributed by atoms with Gasteiger partial charge in [-0.15, -0.1) is 0 Å². The average molecular weight is 497 g/mol. The minimum atomic E-state index is -0.0678. The molecular weight excluding hydrogens is 448 g/mol. The summed E-state index contributed by atoms with van der Waals surface area (Å²) >= 11 is 0. The topological polar surface area (TPSA) is 36.2 Å². The second kappa shape index (κ2) is 8.39. The molecule has 0 unspecified atom stereocenters. The fourth-order valence-corrected chi connectivity index (χ4v) is 7.55. The molecule has 0 radical (unpaired) electrons. The summed E-state index contributed by atoms with van der Waals surface area (Å²) < 4.78 is 0. The number of amidine groups is 1. The maximum absolute atomic E-state index is 8.79. The minimum Gasteiger partial charge on any atom is -0.286 e. The van der Waals surface area contributed by atoms with Gasteiger partial charge in [0.1, 0.15) is 5.84 Å². The summed E-state index contributed by atoms with van der Waals surface area (Å²) in [6.45, 7) is 23.9. The van der Waals surface area contributed by atoms with E-state index < -0.39 is 0 Å². The van der Waals surface area contributed by atoms with Gasteiger partial charge in [0.15, 0.2) is 0 Å². The Morgan fingerprint density at radius 2 is 1.32 bits per heavy atom. The molecule has 2 nitrogen and oxygen atoms in total. The number of nitrogens with zero attached hydrogens (tertiary/aromatic N) is 1. The maximum atomic E-state index is 8.79. The lowest BCUT2D eigenvalue weighted by Crippen LogP contribution is -2.42. The van der Waals surface area contributed by atoms with E-state index in [9.17, 15) is 0 Å². The maximum Gasteiger partial charge on any atom is 0.123 e. The minimum absolute atomic E-state index is 0.0678. The zero-order valence-corrected chi connectivity index (χ0v) is 25.0. The molecule has 0 amide bonds. The molecule has 1 fully saturated rings. The fourth-order valence-electron chi connectivity index (χ4n) is 7.55. The Labute approximate surface area is 225 Å². The quantitative estimate of drug-likeness (QED) is 0.324. The highest BCUT2D eigenvalue weighted by molar-refractivity contribution is 6.09. The predicted molar refractivity (Wildman–Crippen MR) is 160 cm³/mol. The first-order chi connectivity index (χ1) is 17.1. The summed E-state index contributed by atoms with van der Waals surface area (Å²) in [5.41, 5.74) is 11.2. The van der Waals surface area contributed by atoms with E-state index in [0.717, 1.165) is 18.6 Å². The van der Waals surface area contributed by atoms with Gasteiger partial charge in [-0.1, -0.05) is 107 Å². The van der Waals surface area contributed by atoms with Gasteiger partial charge in [0.25, 0.3) is 0 Å². The summed E-state index contributed by atoms with van der Waals surface area (Å²) in [5, 5.41) is 8.79. The third-order valence-electron chi connectivity index (χ3n) is 11.4. The predicted octanol–water partition coefficient (Wildman–Crippen LogP) is 9.59. The molecule has 2 aromatic rings. The molecule has 2 aromatic carbocycles. The normalized spacial score (nSPS) is 23.1. The Morgan fingerprint density at radius 3 is 1.92 bits per heavy atom. The molecule has 37 heavy (non-hydrogen) atoms. The van der Waals surface area contributed by atoms with Crippen molar-refractivity contribution >= 4 is 11.5 Å². The third-order valence-corrected chi connectivity index (χ3v) is 11.4. The van der Waals surface area contributed by atoms with Crippen molar-refractivity contribution in [1.29, 1.82) is 5.41 Å². The molecular formula is C35H48N2. The smallest absolute Gasteiger partial charge is 0.123 e. The molecule has 0 aliphatic heterocycles. The summed E-state index contributed by atoms with van der Waals surface area (Å²) in [6.07, 6.45) is 6.02. The number of aliphatic imine (C=N–C) groups is 1. The molecule has 3 aliphatic carbocycles. The highest BCUT2D eigenvalue weighted by Crippen LogP contribution is 2.63. The summed E-state index contributed by atoms with van der Waals surface area (Å²) in [7, 11) is 0. The molecule has 1 N–H and O–H groups in total. The molecule has 3 aliphatic rings. The van der Waals surface area contributed by atoms with Crippen molar-refractivity contribution in [3.8, 4) is 11.1 Å². The number of benzene rings is 2. The van der Waals surface area contributed by atoms with E-state index in [2.05, 4.69) is 99.6 Å². The van der Waals surface area contributed by atoms with Crippen LogP contribution in [0.2, 0.25) is 0 Å². The zero-order chi connectivity index (χ0) is 27.1. The molecule has 2 heteroatoms. The van der Waals surface area contributed by atoms with Crippen molar-refractivity contribution < 1.29 is 0 Å². The molecule has 0 bridgehead atoms. The highest BCUT2D eigenvalue weighted by atomic mass is 14.8. The number of hydrogen-bond donors (Lipinski definition) is 1. The van der Waals surface area contributed by atoms with Crippen LogP contribution in [0.25, 0.3) is 11.1 Å². The van der Waals surface area contributed by atoms with Crippen molar-refractivity contribution in [1.82, 2.24) is 0 Å². The first-order valence-electron chi connectivity index (χ1n) is 14.6. The van der Waals surface area contributed by atoms with E-state index in [1.807, 2.05) is 0 Å². The second-order valence-electron chi connectivity index (χ2n) is 14.6. The van der Waals surface area contributed by atoms with E-state index in [0.29, 0.717) is 11.8 Å².